The summed E-state index contributed by atoms with van der Waals surface area (Å²) in [6.45, 7) is 0. The second-order valence-electron chi connectivity index (χ2n) is 3.87. The number of rotatable bonds is 2. The Balaban J connectivity index is 1.92. The molecule has 0 aromatic carbocycles. The fourth-order valence-electron chi connectivity index (χ4n) is 1.63. The highest BCUT2D eigenvalue weighted by molar-refractivity contribution is 9.11. The number of pyridine rings is 1. The second kappa shape index (κ2) is 5.29. The topological polar surface area (TPSA) is 72.2 Å². The lowest BCUT2D eigenvalue weighted by atomic mass is 10.4. The van der Waals surface area contributed by atoms with Gasteiger partial charge in [0, 0.05) is 23.1 Å². The lowest BCUT2D eigenvalue weighted by Gasteiger charge is -2.02. The molecule has 6 nitrogen and oxygen atoms in total. The summed E-state index contributed by atoms with van der Waals surface area (Å²) in [7, 11) is 0. The van der Waals surface area contributed by atoms with Gasteiger partial charge in [-0.1, -0.05) is 0 Å². The van der Waals surface area contributed by atoms with Gasteiger partial charge in [-0.2, -0.15) is 5.10 Å². The number of hydrogen-bond donors (Lipinski definition) is 1. The van der Waals surface area contributed by atoms with Crippen molar-refractivity contribution in [3.63, 3.8) is 0 Å². The summed E-state index contributed by atoms with van der Waals surface area (Å²) in [4.78, 5) is 20.4. The quantitative estimate of drug-likeness (QED) is 0.722. The molecule has 3 aromatic heterocycles. The number of fused-ring (bicyclic) bond motifs is 1. The van der Waals surface area contributed by atoms with Crippen molar-refractivity contribution < 1.29 is 4.79 Å². The van der Waals surface area contributed by atoms with E-state index < -0.39 is 0 Å². The minimum Gasteiger partial charge on any atom is -0.305 e. The van der Waals surface area contributed by atoms with Gasteiger partial charge in [-0.3, -0.25) is 4.79 Å². The molecule has 0 saturated carbocycles. The smallest absolute Gasteiger partial charge is 0.278 e. The van der Waals surface area contributed by atoms with Gasteiger partial charge in [0.2, 0.25) is 0 Å². The van der Waals surface area contributed by atoms with Crippen molar-refractivity contribution in [2.45, 2.75) is 0 Å². The van der Waals surface area contributed by atoms with Crippen LogP contribution in [0.3, 0.4) is 0 Å². The number of carbonyl (C=O) groups excluding carboxylic acids is 1. The molecule has 0 radical (unpaired) electrons. The first-order chi connectivity index (χ1) is 9.65. The van der Waals surface area contributed by atoms with Crippen LogP contribution in [-0.4, -0.2) is 25.5 Å². The van der Waals surface area contributed by atoms with Crippen LogP contribution in [0.15, 0.2) is 45.7 Å². The van der Waals surface area contributed by atoms with Crippen molar-refractivity contribution in [2.75, 3.05) is 5.32 Å². The van der Waals surface area contributed by atoms with Crippen LogP contribution in [0.1, 0.15) is 10.5 Å². The number of nitrogens with one attached hydrogen (secondary N) is 1. The van der Waals surface area contributed by atoms with Crippen LogP contribution >= 0.6 is 31.9 Å². The molecule has 8 heteroatoms. The Morgan fingerprint density at radius 3 is 2.80 bits per heavy atom. The minimum absolute atomic E-state index is 0.258. The number of amides is 1. The van der Waals surface area contributed by atoms with Gasteiger partial charge in [0.15, 0.2) is 11.3 Å². The van der Waals surface area contributed by atoms with Crippen molar-refractivity contribution in [3.8, 4) is 0 Å². The third-order valence-electron chi connectivity index (χ3n) is 2.52. The summed E-state index contributed by atoms with van der Waals surface area (Å²) >= 11 is 6.63. The zero-order valence-corrected chi connectivity index (χ0v) is 13.1. The molecule has 0 aliphatic carbocycles. The Labute approximate surface area is 130 Å². The number of anilines is 1. The third-order valence-corrected chi connectivity index (χ3v) is 3.72. The first kappa shape index (κ1) is 13.2. The summed E-state index contributed by atoms with van der Waals surface area (Å²) in [5.41, 5.74) is 0.842. The maximum absolute atomic E-state index is 12.2. The molecule has 3 heterocycles. The SMILES string of the molecule is O=C(Nc1ccc(Br)cn1)c1nn2cccnc2c1Br. The Kier molecular flexibility index (Phi) is 3.49. The fourth-order valence-corrected chi connectivity index (χ4v) is 2.41. The summed E-state index contributed by atoms with van der Waals surface area (Å²) in [5, 5.41) is 6.87. The van der Waals surface area contributed by atoms with Crippen molar-refractivity contribution in [1.82, 2.24) is 19.6 Å². The van der Waals surface area contributed by atoms with E-state index in [1.54, 1.807) is 36.8 Å². The van der Waals surface area contributed by atoms with E-state index in [-0.39, 0.29) is 11.6 Å². The van der Waals surface area contributed by atoms with Gasteiger partial charge in [-0.05, 0) is 50.1 Å². The third kappa shape index (κ3) is 2.44. The van der Waals surface area contributed by atoms with Crippen molar-refractivity contribution in [2.24, 2.45) is 0 Å². The summed E-state index contributed by atoms with van der Waals surface area (Å²) < 4.78 is 2.93. The Bertz CT molecular complexity index is 784. The van der Waals surface area contributed by atoms with Crippen molar-refractivity contribution >= 4 is 49.2 Å². The Morgan fingerprint density at radius 2 is 2.10 bits per heavy atom. The van der Waals surface area contributed by atoms with Crippen LogP contribution in [0.25, 0.3) is 5.65 Å². The monoisotopic (exact) mass is 395 g/mol. The molecule has 3 rings (SSSR count). The van der Waals surface area contributed by atoms with E-state index in [0.717, 1.165) is 4.47 Å². The molecule has 20 heavy (non-hydrogen) atoms. The van der Waals surface area contributed by atoms with Crippen LogP contribution in [0.4, 0.5) is 5.82 Å². The largest absolute Gasteiger partial charge is 0.305 e. The summed E-state index contributed by atoms with van der Waals surface area (Å²) in [5.74, 6) is 0.104. The molecule has 100 valence electrons. The molecule has 1 amide bonds. The van der Waals surface area contributed by atoms with Gasteiger partial charge < -0.3 is 5.32 Å². The van der Waals surface area contributed by atoms with E-state index in [9.17, 15) is 4.79 Å². The average Bonchev–Trinajstić information content (AvgIpc) is 2.79. The number of nitrogens with zero attached hydrogens (tertiary/aromatic N) is 4. The molecule has 0 unspecified atom stereocenters. The van der Waals surface area contributed by atoms with Crippen LogP contribution in [-0.2, 0) is 0 Å². The summed E-state index contributed by atoms with van der Waals surface area (Å²) in [6.07, 6.45) is 4.97. The van der Waals surface area contributed by atoms with E-state index in [0.29, 0.717) is 15.9 Å². The highest BCUT2D eigenvalue weighted by Gasteiger charge is 2.18. The van der Waals surface area contributed by atoms with Gasteiger partial charge in [0.05, 0.1) is 4.47 Å². The summed E-state index contributed by atoms with van der Waals surface area (Å²) in [6, 6.07) is 5.23. The van der Waals surface area contributed by atoms with E-state index in [4.69, 9.17) is 0 Å². The molecule has 0 spiro atoms. The number of carbonyl (C=O) groups is 1. The zero-order valence-electron chi connectivity index (χ0n) is 9.92. The number of hydrogen-bond acceptors (Lipinski definition) is 4. The van der Waals surface area contributed by atoms with E-state index in [1.807, 2.05) is 0 Å². The highest BCUT2D eigenvalue weighted by atomic mass is 79.9. The maximum Gasteiger partial charge on any atom is 0.278 e. The number of halogens is 2. The fraction of sp³-hybridized carbons (Fsp3) is 0. The molecule has 0 bridgehead atoms. The van der Waals surface area contributed by atoms with Gasteiger partial charge in [-0.15, -0.1) is 0 Å². The number of aromatic nitrogens is 4. The minimum atomic E-state index is -0.350. The lowest BCUT2D eigenvalue weighted by Crippen LogP contribution is -2.14. The van der Waals surface area contributed by atoms with Crippen LogP contribution in [0.5, 0.6) is 0 Å². The van der Waals surface area contributed by atoms with E-state index in [2.05, 4.69) is 52.2 Å². The normalized spacial score (nSPS) is 10.7. The predicted octanol–water partition coefficient (Wildman–Crippen LogP) is 2.90. The van der Waals surface area contributed by atoms with E-state index in [1.165, 1.54) is 4.52 Å². The van der Waals surface area contributed by atoms with Crippen LogP contribution in [0, 0.1) is 0 Å². The first-order valence-corrected chi connectivity index (χ1v) is 7.15. The Morgan fingerprint density at radius 1 is 1.25 bits per heavy atom. The molecule has 3 aromatic rings. The molecule has 0 atom stereocenters. The van der Waals surface area contributed by atoms with Crippen LogP contribution < -0.4 is 5.32 Å². The van der Waals surface area contributed by atoms with Gasteiger partial charge in [-0.25, -0.2) is 14.5 Å². The second-order valence-corrected chi connectivity index (χ2v) is 5.57. The van der Waals surface area contributed by atoms with Gasteiger partial charge >= 0.3 is 0 Å². The Hall–Kier alpha value is -1.80. The van der Waals surface area contributed by atoms with Crippen LogP contribution in [0.2, 0.25) is 0 Å². The zero-order chi connectivity index (χ0) is 14.1. The average molecular weight is 397 g/mol. The van der Waals surface area contributed by atoms with E-state index >= 15 is 0 Å². The predicted molar refractivity (Wildman–Crippen MR) is 80.6 cm³/mol. The van der Waals surface area contributed by atoms with Crippen molar-refractivity contribution in [1.29, 1.82) is 0 Å². The molecule has 0 fully saturated rings. The standard InChI is InChI=1S/C12H7Br2N5O/c13-7-2-3-8(16-6-7)17-12(20)10-9(14)11-15-4-1-5-19(11)18-10/h1-6H,(H,16,17,20). The first-order valence-electron chi connectivity index (χ1n) is 5.57. The molecule has 0 aliphatic rings. The molecular formula is C12H7Br2N5O. The molecule has 1 N–H and O–H groups in total. The molecule has 0 aliphatic heterocycles. The van der Waals surface area contributed by atoms with Gasteiger partial charge in [0.1, 0.15) is 5.82 Å². The molecule has 0 saturated heterocycles. The highest BCUT2D eigenvalue weighted by Crippen LogP contribution is 2.21. The maximum atomic E-state index is 12.2. The van der Waals surface area contributed by atoms with Crippen molar-refractivity contribution in [3.05, 3.63) is 51.4 Å². The van der Waals surface area contributed by atoms with Gasteiger partial charge in [0.25, 0.3) is 5.91 Å². The lowest BCUT2D eigenvalue weighted by molar-refractivity contribution is 0.102. The molecular weight excluding hydrogens is 390 g/mol.